The fourth-order valence-electron chi connectivity index (χ4n) is 2.15. The van der Waals surface area contributed by atoms with E-state index in [4.69, 9.17) is 11.6 Å². The highest BCUT2D eigenvalue weighted by molar-refractivity contribution is 7.22. The number of thiazole rings is 1. The van der Waals surface area contributed by atoms with Gasteiger partial charge >= 0.3 is 0 Å². The molecular weight excluding hydrogens is 304 g/mol. The van der Waals surface area contributed by atoms with Gasteiger partial charge in [-0.1, -0.05) is 54.1 Å². The van der Waals surface area contributed by atoms with Crippen LogP contribution >= 0.6 is 22.9 Å². The number of benzene rings is 2. The zero-order valence-electron chi connectivity index (χ0n) is 11.4. The number of nitrogens with one attached hydrogen (secondary N) is 1. The van der Waals surface area contributed by atoms with Gasteiger partial charge in [0.15, 0.2) is 5.13 Å². The molecule has 3 rings (SSSR count). The van der Waals surface area contributed by atoms with Crippen molar-refractivity contribution in [3.63, 3.8) is 0 Å². The molecule has 2 aromatic carbocycles. The number of rotatable bonds is 3. The Morgan fingerprint density at radius 1 is 1.24 bits per heavy atom. The van der Waals surface area contributed by atoms with Gasteiger partial charge in [-0.15, -0.1) is 0 Å². The van der Waals surface area contributed by atoms with Crippen molar-refractivity contribution >= 4 is 44.2 Å². The number of fused-ring (bicyclic) bond motifs is 1. The molecule has 3 nitrogen and oxygen atoms in total. The average Bonchev–Trinajstić information content (AvgIpc) is 2.89. The highest BCUT2D eigenvalue weighted by Crippen LogP contribution is 2.29. The lowest BCUT2D eigenvalue weighted by molar-refractivity contribution is 0.102. The van der Waals surface area contributed by atoms with E-state index in [1.54, 1.807) is 24.3 Å². The first-order valence-electron chi connectivity index (χ1n) is 6.63. The first kappa shape index (κ1) is 14.0. The summed E-state index contributed by atoms with van der Waals surface area (Å²) in [6.07, 6.45) is 0.916. The van der Waals surface area contributed by atoms with Crippen LogP contribution in [0.2, 0.25) is 5.02 Å². The molecule has 0 aliphatic rings. The smallest absolute Gasteiger partial charge is 0.258 e. The normalized spacial score (nSPS) is 10.8. The summed E-state index contributed by atoms with van der Waals surface area (Å²) in [6, 6.07) is 13.1. The van der Waals surface area contributed by atoms with Gasteiger partial charge in [0.2, 0.25) is 0 Å². The fraction of sp³-hybridized carbons (Fsp3) is 0.125. The number of carbonyl (C=O) groups is 1. The van der Waals surface area contributed by atoms with Gasteiger partial charge in [0, 0.05) is 0 Å². The molecule has 21 heavy (non-hydrogen) atoms. The number of amides is 1. The number of hydrogen-bond donors (Lipinski definition) is 1. The van der Waals surface area contributed by atoms with E-state index >= 15 is 0 Å². The van der Waals surface area contributed by atoms with Gasteiger partial charge in [0.05, 0.1) is 20.8 Å². The summed E-state index contributed by atoms with van der Waals surface area (Å²) >= 11 is 7.50. The molecule has 1 N–H and O–H groups in total. The molecule has 106 valence electrons. The monoisotopic (exact) mass is 316 g/mol. The third-order valence-corrected chi connectivity index (χ3v) is 4.49. The molecule has 5 heteroatoms. The van der Waals surface area contributed by atoms with E-state index in [1.165, 1.54) is 16.9 Å². The molecule has 0 aliphatic heterocycles. The van der Waals surface area contributed by atoms with Gasteiger partial charge in [-0.2, -0.15) is 0 Å². The third-order valence-electron chi connectivity index (χ3n) is 3.22. The van der Waals surface area contributed by atoms with Gasteiger partial charge in [0.25, 0.3) is 5.91 Å². The summed E-state index contributed by atoms with van der Waals surface area (Å²) < 4.78 is 1.07. The zero-order chi connectivity index (χ0) is 14.8. The lowest BCUT2D eigenvalue weighted by Crippen LogP contribution is -2.12. The average molecular weight is 317 g/mol. The molecule has 1 aromatic heterocycles. The Bertz CT molecular complexity index is 813. The van der Waals surface area contributed by atoms with Crippen LogP contribution < -0.4 is 5.32 Å². The summed E-state index contributed by atoms with van der Waals surface area (Å²) in [7, 11) is 0. The molecule has 0 saturated carbocycles. The van der Waals surface area contributed by atoms with Crippen LogP contribution in [0.15, 0.2) is 42.5 Å². The van der Waals surface area contributed by atoms with E-state index in [0.29, 0.717) is 15.7 Å². The Kier molecular flexibility index (Phi) is 3.90. The minimum absolute atomic E-state index is 0.238. The third kappa shape index (κ3) is 2.77. The predicted octanol–water partition coefficient (Wildman–Crippen LogP) is 4.76. The lowest BCUT2D eigenvalue weighted by Gasteiger charge is -2.03. The Hall–Kier alpha value is -1.91. The van der Waals surface area contributed by atoms with Crippen LogP contribution in [0.25, 0.3) is 10.2 Å². The molecular formula is C16H13ClN2OS. The van der Waals surface area contributed by atoms with Crippen molar-refractivity contribution in [1.29, 1.82) is 0 Å². The molecule has 0 unspecified atom stereocenters. The Balaban J connectivity index is 1.92. The lowest BCUT2D eigenvalue weighted by atomic mass is 10.1. The maximum absolute atomic E-state index is 12.2. The molecule has 0 bridgehead atoms. The first-order valence-corrected chi connectivity index (χ1v) is 7.83. The Morgan fingerprint density at radius 3 is 2.81 bits per heavy atom. The van der Waals surface area contributed by atoms with Crippen LogP contribution in [-0.4, -0.2) is 10.9 Å². The van der Waals surface area contributed by atoms with Crippen LogP contribution in [0.3, 0.4) is 0 Å². The maximum Gasteiger partial charge on any atom is 0.258 e. The number of carbonyl (C=O) groups excluding carboxylic acids is 1. The predicted molar refractivity (Wildman–Crippen MR) is 88.4 cm³/mol. The number of hydrogen-bond acceptors (Lipinski definition) is 3. The number of para-hydroxylation sites is 1. The highest BCUT2D eigenvalue weighted by atomic mass is 35.5. The number of anilines is 1. The van der Waals surface area contributed by atoms with Gasteiger partial charge in [-0.05, 0) is 30.2 Å². The number of aryl methyl sites for hydroxylation is 1. The SMILES string of the molecule is CCc1cccc2sc(NC(=O)c3ccccc3Cl)nc12. The number of nitrogens with zero attached hydrogens (tertiary/aromatic N) is 1. The molecule has 0 saturated heterocycles. The van der Waals surface area contributed by atoms with Crippen molar-refractivity contribution in [1.82, 2.24) is 4.98 Å². The van der Waals surface area contributed by atoms with E-state index < -0.39 is 0 Å². The van der Waals surface area contributed by atoms with Crippen molar-refractivity contribution < 1.29 is 4.79 Å². The summed E-state index contributed by atoms with van der Waals surface area (Å²) in [4.78, 5) is 16.8. The second-order valence-corrected chi connectivity index (χ2v) is 6.01. The van der Waals surface area contributed by atoms with Crippen LogP contribution in [0.4, 0.5) is 5.13 Å². The second-order valence-electron chi connectivity index (χ2n) is 4.57. The minimum Gasteiger partial charge on any atom is -0.298 e. The molecule has 0 atom stereocenters. The van der Waals surface area contributed by atoms with Crippen LogP contribution in [0.5, 0.6) is 0 Å². The summed E-state index contributed by atoms with van der Waals surface area (Å²) in [6.45, 7) is 2.09. The topological polar surface area (TPSA) is 42.0 Å². The highest BCUT2D eigenvalue weighted by Gasteiger charge is 2.13. The second kappa shape index (κ2) is 5.84. The Morgan fingerprint density at radius 2 is 2.05 bits per heavy atom. The van der Waals surface area contributed by atoms with Gasteiger partial charge < -0.3 is 0 Å². The van der Waals surface area contributed by atoms with Gasteiger partial charge in [0.1, 0.15) is 0 Å². The van der Waals surface area contributed by atoms with E-state index in [-0.39, 0.29) is 5.91 Å². The minimum atomic E-state index is -0.238. The fourth-order valence-corrected chi connectivity index (χ4v) is 3.28. The summed E-state index contributed by atoms with van der Waals surface area (Å²) in [5, 5.41) is 3.85. The van der Waals surface area contributed by atoms with Crippen LogP contribution in [0.1, 0.15) is 22.8 Å². The van der Waals surface area contributed by atoms with Crippen molar-refractivity contribution in [3.05, 3.63) is 58.6 Å². The summed E-state index contributed by atoms with van der Waals surface area (Å²) in [5.41, 5.74) is 2.59. The molecule has 0 aliphatic carbocycles. The van der Waals surface area contributed by atoms with E-state index in [2.05, 4.69) is 23.3 Å². The number of halogens is 1. The number of aromatic nitrogens is 1. The standard InChI is InChI=1S/C16H13ClN2OS/c1-2-10-6-5-9-13-14(10)18-16(21-13)19-15(20)11-7-3-4-8-12(11)17/h3-9H,2H2,1H3,(H,18,19,20). The molecule has 0 radical (unpaired) electrons. The molecule has 0 spiro atoms. The summed E-state index contributed by atoms with van der Waals surface area (Å²) in [5.74, 6) is -0.238. The van der Waals surface area contributed by atoms with Gasteiger partial charge in [-0.3, -0.25) is 10.1 Å². The quantitative estimate of drug-likeness (QED) is 0.756. The van der Waals surface area contributed by atoms with E-state index in [9.17, 15) is 4.79 Å². The van der Waals surface area contributed by atoms with Gasteiger partial charge in [-0.25, -0.2) is 4.98 Å². The van der Waals surface area contributed by atoms with E-state index in [0.717, 1.165) is 16.6 Å². The van der Waals surface area contributed by atoms with E-state index in [1.807, 2.05) is 12.1 Å². The van der Waals surface area contributed by atoms with Crippen molar-refractivity contribution in [2.45, 2.75) is 13.3 Å². The molecule has 3 aromatic rings. The largest absolute Gasteiger partial charge is 0.298 e. The zero-order valence-corrected chi connectivity index (χ0v) is 13.0. The van der Waals surface area contributed by atoms with Crippen molar-refractivity contribution in [2.75, 3.05) is 5.32 Å². The molecule has 0 fully saturated rings. The van der Waals surface area contributed by atoms with Crippen LogP contribution in [-0.2, 0) is 6.42 Å². The Labute approximate surface area is 131 Å². The van der Waals surface area contributed by atoms with Crippen molar-refractivity contribution in [2.24, 2.45) is 0 Å². The van der Waals surface area contributed by atoms with Crippen LogP contribution in [0, 0.1) is 0 Å². The molecule has 1 amide bonds. The molecule has 1 heterocycles. The first-order chi connectivity index (χ1) is 10.2. The van der Waals surface area contributed by atoms with Crippen molar-refractivity contribution in [3.8, 4) is 0 Å². The maximum atomic E-state index is 12.2.